The molecular weight excluding hydrogens is 122 g/mol. The van der Waals surface area contributed by atoms with Gasteiger partial charge in [-0.3, -0.25) is 0 Å². The van der Waals surface area contributed by atoms with Crippen molar-refractivity contribution in [2.45, 2.75) is 38.1 Å². The number of nitrogens with zero attached hydrogens (tertiary/aromatic N) is 1. The van der Waals surface area contributed by atoms with Crippen molar-refractivity contribution >= 4 is 0 Å². The largest absolute Gasteiger partial charge is 0.367 e. The Morgan fingerprint density at radius 2 is 2.30 bits per heavy atom. The highest BCUT2D eigenvalue weighted by Crippen LogP contribution is 2.23. The number of rotatable bonds is 0. The quantitative estimate of drug-likeness (QED) is 0.492. The summed E-state index contributed by atoms with van der Waals surface area (Å²) < 4.78 is 0. The molecule has 55 valence electrons. The first-order chi connectivity index (χ1) is 4.97. The van der Waals surface area contributed by atoms with Crippen LogP contribution in [0.4, 0.5) is 0 Å². The third kappa shape index (κ3) is 1.05. The van der Waals surface area contributed by atoms with Gasteiger partial charge in [0.1, 0.15) is 0 Å². The highest BCUT2D eigenvalue weighted by Gasteiger charge is 2.20. The second-order valence-electron chi connectivity index (χ2n) is 3.25. The molecule has 2 aliphatic heterocycles. The van der Waals surface area contributed by atoms with Gasteiger partial charge in [-0.15, -0.1) is 0 Å². The smallest absolute Gasteiger partial charge is 0.0562 e. The Kier molecular flexibility index (Phi) is 1.66. The third-order valence-electron chi connectivity index (χ3n) is 2.53. The number of hydrogen-bond acceptors (Lipinski definition) is 1. The van der Waals surface area contributed by atoms with Crippen molar-refractivity contribution in [3.05, 3.63) is 12.3 Å². The molecule has 2 rings (SSSR count). The van der Waals surface area contributed by atoms with Crippen molar-refractivity contribution in [2.75, 3.05) is 6.54 Å². The summed E-state index contributed by atoms with van der Waals surface area (Å²) in [5, 5.41) is 0. The molecule has 0 aromatic rings. The molecule has 0 aromatic carbocycles. The molecule has 1 atom stereocenters. The molecule has 1 unspecified atom stereocenters. The number of fused-ring (bicyclic) bond motifs is 1. The molecular formula is C9H14N. The lowest BCUT2D eigenvalue weighted by molar-refractivity contribution is 0.182. The summed E-state index contributed by atoms with van der Waals surface area (Å²) in [7, 11) is 0. The fourth-order valence-electron chi connectivity index (χ4n) is 1.93. The second kappa shape index (κ2) is 2.65. The molecule has 0 aliphatic carbocycles. The molecule has 0 saturated carbocycles. The predicted molar refractivity (Wildman–Crippen MR) is 41.4 cm³/mol. The topological polar surface area (TPSA) is 3.24 Å². The maximum Gasteiger partial charge on any atom is 0.0562 e. The van der Waals surface area contributed by atoms with Crippen LogP contribution < -0.4 is 0 Å². The normalized spacial score (nSPS) is 32.0. The molecule has 2 aliphatic rings. The Morgan fingerprint density at radius 1 is 1.30 bits per heavy atom. The van der Waals surface area contributed by atoms with Crippen LogP contribution in [0.1, 0.15) is 32.1 Å². The van der Waals surface area contributed by atoms with Crippen molar-refractivity contribution in [1.29, 1.82) is 0 Å². The van der Waals surface area contributed by atoms with Gasteiger partial charge in [-0.25, -0.2) is 0 Å². The predicted octanol–water partition coefficient (Wildman–Crippen LogP) is 1.95. The summed E-state index contributed by atoms with van der Waals surface area (Å²) in [4.78, 5) is 2.40. The summed E-state index contributed by atoms with van der Waals surface area (Å²) in [6, 6.07) is 0.846. The van der Waals surface area contributed by atoms with Gasteiger partial charge in [0.15, 0.2) is 0 Å². The van der Waals surface area contributed by atoms with Gasteiger partial charge in [-0.05, 0) is 32.1 Å². The standard InChI is InChI=1S/C9H14N/c1-3-7-10-8-4-2-6-9(10)5-1/h3,9H,1-2,4-6,8H2. The first-order valence-electron chi connectivity index (χ1n) is 4.31. The van der Waals surface area contributed by atoms with E-state index in [9.17, 15) is 0 Å². The van der Waals surface area contributed by atoms with E-state index in [0.717, 1.165) is 6.04 Å². The molecule has 1 fully saturated rings. The molecule has 1 saturated heterocycles. The van der Waals surface area contributed by atoms with Crippen molar-refractivity contribution in [1.82, 2.24) is 4.90 Å². The van der Waals surface area contributed by atoms with Crippen LogP contribution in [0, 0.1) is 6.20 Å². The summed E-state index contributed by atoms with van der Waals surface area (Å²) in [5.41, 5.74) is 0. The van der Waals surface area contributed by atoms with Crippen LogP contribution in [0.3, 0.4) is 0 Å². The second-order valence-corrected chi connectivity index (χ2v) is 3.25. The lowest BCUT2D eigenvalue weighted by atomic mass is 9.96. The van der Waals surface area contributed by atoms with E-state index in [1.807, 2.05) is 0 Å². The van der Waals surface area contributed by atoms with E-state index in [0.29, 0.717) is 0 Å². The Bertz CT molecular complexity index is 140. The lowest BCUT2D eigenvalue weighted by Gasteiger charge is -2.36. The first-order valence-corrected chi connectivity index (χ1v) is 4.31. The molecule has 0 N–H and O–H groups in total. The van der Waals surface area contributed by atoms with Crippen molar-refractivity contribution in [3.63, 3.8) is 0 Å². The Hall–Kier alpha value is -0.460. The van der Waals surface area contributed by atoms with E-state index >= 15 is 0 Å². The average molecular weight is 136 g/mol. The highest BCUT2D eigenvalue weighted by atomic mass is 15.1. The van der Waals surface area contributed by atoms with E-state index in [4.69, 9.17) is 0 Å². The zero-order valence-electron chi connectivity index (χ0n) is 6.34. The van der Waals surface area contributed by atoms with Crippen LogP contribution in [-0.4, -0.2) is 17.5 Å². The Labute approximate surface area is 62.7 Å². The van der Waals surface area contributed by atoms with E-state index in [2.05, 4.69) is 17.2 Å². The monoisotopic (exact) mass is 136 g/mol. The van der Waals surface area contributed by atoms with Crippen LogP contribution >= 0.6 is 0 Å². The summed E-state index contributed by atoms with van der Waals surface area (Å²) >= 11 is 0. The fraction of sp³-hybridized carbons (Fsp3) is 0.778. The van der Waals surface area contributed by atoms with Crippen LogP contribution in [0.2, 0.25) is 0 Å². The van der Waals surface area contributed by atoms with Gasteiger partial charge in [0, 0.05) is 12.6 Å². The number of allylic oxidation sites excluding steroid dienone is 1. The van der Waals surface area contributed by atoms with Crippen LogP contribution in [-0.2, 0) is 0 Å². The van der Waals surface area contributed by atoms with Crippen LogP contribution in [0.5, 0.6) is 0 Å². The summed E-state index contributed by atoms with van der Waals surface area (Å²) in [5.74, 6) is 0. The molecule has 0 bridgehead atoms. The molecule has 1 heteroatoms. The lowest BCUT2D eigenvalue weighted by Crippen LogP contribution is -2.37. The summed E-state index contributed by atoms with van der Waals surface area (Å²) in [6.07, 6.45) is 12.3. The molecule has 1 radical (unpaired) electrons. The SMILES string of the molecule is [C]1=CCCC2CCCCN12. The van der Waals surface area contributed by atoms with E-state index < -0.39 is 0 Å². The molecule has 0 spiro atoms. The molecule has 0 aromatic heterocycles. The molecule has 10 heavy (non-hydrogen) atoms. The van der Waals surface area contributed by atoms with E-state index in [1.165, 1.54) is 38.6 Å². The highest BCUT2D eigenvalue weighted by molar-refractivity contribution is 4.89. The van der Waals surface area contributed by atoms with Crippen molar-refractivity contribution in [3.8, 4) is 0 Å². The molecule has 1 nitrogen and oxygen atoms in total. The first kappa shape index (κ1) is 6.26. The van der Waals surface area contributed by atoms with Crippen LogP contribution in [0.15, 0.2) is 6.08 Å². The minimum absolute atomic E-state index is 0.846. The molecule has 0 amide bonds. The maximum atomic E-state index is 3.33. The number of hydrogen-bond donors (Lipinski definition) is 0. The van der Waals surface area contributed by atoms with E-state index in [-0.39, 0.29) is 0 Å². The average Bonchev–Trinajstić information content (AvgIpc) is 2.05. The van der Waals surface area contributed by atoms with Gasteiger partial charge in [0.05, 0.1) is 6.20 Å². The van der Waals surface area contributed by atoms with Crippen LogP contribution in [0.25, 0.3) is 0 Å². The Morgan fingerprint density at radius 3 is 3.20 bits per heavy atom. The maximum absolute atomic E-state index is 3.33. The van der Waals surface area contributed by atoms with Crippen molar-refractivity contribution in [2.24, 2.45) is 0 Å². The van der Waals surface area contributed by atoms with Gasteiger partial charge in [0.25, 0.3) is 0 Å². The molecule has 2 heterocycles. The van der Waals surface area contributed by atoms with Gasteiger partial charge >= 0.3 is 0 Å². The van der Waals surface area contributed by atoms with E-state index in [1.54, 1.807) is 0 Å². The Balaban J connectivity index is 2.03. The van der Waals surface area contributed by atoms with Crippen molar-refractivity contribution < 1.29 is 0 Å². The minimum Gasteiger partial charge on any atom is -0.367 e. The van der Waals surface area contributed by atoms with Gasteiger partial charge in [0.2, 0.25) is 0 Å². The van der Waals surface area contributed by atoms with Gasteiger partial charge in [-0.2, -0.15) is 0 Å². The zero-order chi connectivity index (χ0) is 6.81. The minimum atomic E-state index is 0.846. The fourth-order valence-corrected chi connectivity index (χ4v) is 1.93. The van der Waals surface area contributed by atoms with Gasteiger partial charge < -0.3 is 4.90 Å². The summed E-state index contributed by atoms with van der Waals surface area (Å²) in [6.45, 7) is 1.25. The zero-order valence-corrected chi connectivity index (χ0v) is 6.34. The van der Waals surface area contributed by atoms with Gasteiger partial charge in [-0.1, -0.05) is 6.08 Å². The third-order valence-corrected chi connectivity index (χ3v) is 2.53. The number of piperidine rings is 1.